The summed E-state index contributed by atoms with van der Waals surface area (Å²) in [4.78, 5) is 34.4. The second-order valence-electron chi connectivity index (χ2n) is 9.48. The Balaban J connectivity index is 0.00000353. The molecule has 200 valence electrons. The quantitative estimate of drug-likeness (QED) is 0.346. The van der Waals surface area contributed by atoms with Crippen molar-refractivity contribution in [3.05, 3.63) is 74.9 Å². The number of piperidine rings is 1. The van der Waals surface area contributed by atoms with E-state index in [4.69, 9.17) is 11.6 Å². The molecule has 39 heavy (non-hydrogen) atoms. The average molecular weight is 570 g/mol. The number of aromatic amines is 1. The van der Waals surface area contributed by atoms with E-state index >= 15 is 0 Å². The van der Waals surface area contributed by atoms with Crippen molar-refractivity contribution >= 4 is 28.6 Å². The van der Waals surface area contributed by atoms with Crippen LogP contribution in [0.4, 0.5) is 13.2 Å². The molecule has 0 atom stereocenters. The Bertz CT molecular complexity index is 1550. The minimum atomic E-state index is -4.39. The van der Waals surface area contributed by atoms with E-state index in [1.54, 1.807) is 22.8 Å². The van der Waals surface area contributed by atoms with Crippen LogP contribution in [0.25, 0.3) is 22.4 Å². The summed E-state index contributed by atoms with van der Waals surface area (Å²) in [7, 11) is 0. The van der Waals surface area contributed by atoms with Crippen LogP contribution in [0.15, 0.2) is 47.3 Å². The number of likely N-dealkylation sites (tertiary alicyclic amines) is 1. The zero-order chi connectivity index (χ0) is 27.2. The number of carbonyl (C=O) groups is 1. The van der Waals surface area contributed by atoms with Crippen molar-refractivity contribution in [2.24, 2.45) is 0 Å². The summed E-state index contributed by atoms with van der Waals surface area (Å²) in [5.41, 5.74) is 2.17. The molecule has 0 aliphatic carbocycles. The maximum atomic E-state index is 13.2. The van der Waals surface area contributed by atoms with Gasteiger partial charge in [-0.2, -0.15) is 13.2 Å². The Morgan fingerprint density at radius 2 is 1.79 bits per heavy atom. The Kier molecular flexibility index (Phi) is 8.67. The number of rotatable bonds is 6. The number of carboxylic acid groups (broad SMARTS) is 1. The largest absolute Gasteiger partial charge is 1.00 e. The maximum Gasteiger partial charge on any atom is 1.00 e. The first-order chi connectivity index (χ1) is 18.0. The van der Waals surface area contributed by atoms with Crippen LogP contribution in [0.3, 0.4) is 0 Å². The van der Waals surface area contributed by atoms with Crippen LogP contribution in [0.5, 0.6) is 0 Å². The molecule has 0 amide bonds. The molecule has 3 heterocycles. The molecule has 2 aromatic carbocycles. The van der Waals surface area contributed by atoms with Crippen molar-refractivity contribution in [1.82, 2.24) is 24.0 Å². The van der Waals surface area contributed by atoms with Crippen LogP contribution in [0, 0.1) is 6.92 Å². The molecule has 8 nitrogen and oxygen atoms in total. The van der Waals surface area contributed by atoms with Gasteiger partial charge in [0.25, 0.3) is 0 Å². The second kappa shape index (κ2) is 11.5. The summed E-state index contributed by atoms with van der Waals surface area (Å²) in [6, 6.07) is 9.75. The Hall–Kier alpha value is -2.57. The number of carboxylic acids is 1. The molecule has 1 fully saturated rings. The molecule has 0 radical (unpaired) electrons. The number of carbonyl (C=O) groups excluding carboxylic acids is 1. The van der Waals surface area contributed by atoms with Gasteiger partial charge < -0.3 is 14.9 Å². The number of imidazole rings is 2. The fraction of sp³-hybridized carbons (Fsp3) is 0.346. The predicted octanol–water partition coefficient (Wildman–Crippen LogP) is 0.765. The first-order valence-corrected chi connectivity index (χ1v) is 12.4. The van der Waals surface area contributed by atoms with Gasteiger partial charge in [0, 0.05) is 42.0 Å². The van der Waals surface area contributed by atoms with Gasteiger partial charge in [0.2, 0.25) is 0 Å². The Morgan fingerprint density at radius 3 is 2.41 bits per heavy atom. The molecule has 2 aromatic heterocycles. The van der Waals surface area contributed by atoms with Gasteiger partial charge in [0.1, 0.15) is 5.82 Å². The summed E-state index contributed by atoms with van der Waals surface area (Å²) < 4.78 is 41.4. The SMILES string of the molecule is Cc1[nH]c(-c2ccc(C(F)(F)F)cc2)nc1CN1CCC(n2c(=O)n(CC(=O)[O-])c3cc(Cl)ccc32)CC1.[Na+]. The molecule has 13 heteroatoms. The van der Waals surface area contributed by atoms with Crippen molar-refractivity contribution in [3.63, 3.8) is 0 Å². The number of aryl methyl sites for hydroxylation is 1. The molecule has 0 saturated carbocycles. The number of H-pyrrole nitrogens is 1. The molecule has 1 N–H and O–H groups in total. The van der Waals surface area contributed by atoms with E-state index in [0.717, 1.165) is 23.5 Å². The zero-order valence-electron chi connectivity index (χ0n) is 21.4. The third-order valence-corrected chi connectivity index (χ3v) is 7.21. The third-order valence-electron chi connectivity index (χ3n) is 6.98. The number of benzene rings is 2. The number of aliphatic carboxylic acids is 1. The molecule has 1 aliphatic heterocycles. The van der Waals surface area contributed by atoms with E-state index in [9.17, 15) is 27.9 Å². The molecule has 0 spiro atoms. The maximum absolute atomic E-state index is 13.2. The van der Waals surface area contributed by atoms with Gasteiger partial charge in [-0.25, -0.2) is 9.78 Å². The molecule has 4 aromatic rings. The minimum Gasteiger partial charge on any atom is -0.548 e. The summed E-state index contributed by atoms with van der Waals surface area (Å²) >= 11 is 6.10. The van der Waals surface area contributed by atoms with E-state index < -0.39 is 29.9 Å². The molecule has 1 saturated heterocycles. The van der Waals surface area contributed by atoms with Crippen molar-refractivity contribution in [1.29, 1.82) is 0 Å². The van der Waals surface area contributed by atoms with Gasteiger partial charge in [-0.3, -0.25) is 14.0 Å². The van der Waals surface area contributed by atoms with Crippen molar-refractivity contribution in [3.8, 4) is 11.4 Å². The molecule has 0 bridgehead atoms. The summed E-state index contributed by atoms with van der Waals surface area (Å²) in [6.07, 6.45) is -3.06. The van der Waals surface area contributed by atoms with E-state index in [1.807, 2.05) is 6.92 Å². The van der Waals surface area contributed by atoms with Crippen LogP contribution in [0.2, 0.25) is 5.02 Å². The van der Waals surface area contributed by atoms with Crippen LogP contribution in [-0.4, -0.2) is 43.1 Å². The summed E-state index contributed by atoms with van der Waals surface area (Å²) in [6.45, 7) is 3.23. The molecular weight excluding hydrogens is 546 g/mol. The van der Waals surface area contributed by atoms with Crippen LogP contribution < -0.4 is 40.4 Å². The van der Waals surface area contributed by atoms with Crippen LogP contribution >= 0.6 is 11.6 Å². The standard InChI is InChI=1S/C26H25ClF3N5O3.Na/c1-15-20(32-24(31-15)16-2-4-17(5-3-16)26(28,29)30)13-33-10-8-19(9-11-33)35-21-7-6-18(27)12-22(21)34(25(35)38)14-23(36)37;/h2-7,12,19H,8-11,13-14H2,1H3,(H,31,32)(H,36,37);/q;+1/p-1. The van der Waals surface area contributed by atoms with E-state index in [2.05, 4.69) is 14.9 Å². The van der Waals surface area contributed by atoms with Crippen molar-refractivity contribution < 1.29 is 52.6 Å². The van der Waals surface area contributed by atoms with Gasteiger partial charge >= 0.3 is 41.4 Å². The average Bonchev–Trinajstić information content (AvgIpc) is 3.35. The van der Waals surface area contributed by atoms with Gasteiger partial charge in [0.05, 0.1) is 34.8 Å². The number of fused-ring (bicyclic) bond motifs is 1. The number of halogens is 4. The number of nitrogens with one attached hydrogen (secondary N) is 1. The van der Waals surface area contributed by atoms with Crippen molar-refractivity contribution in [2.45, 2.75) is 45.1 Å². The fourth-order valence-corrected chi connectivity index (χ4v) is 5.21. The topological polar surface area (TPSA) is 99.0 Å². The second-order valence-corrected chi connectivity index (χ2v) is 9.92. The summed E-state index contributed by atoms with van der Waals surface area (Å²) in [5.74, 6) is -0.849. The van der Waals surface area contributed by atoms with Gasteiger partial charge in [-0.1, -0.05) is 23.7 Å². The number of aromatic nitrogens is 4. The monoisotopic (exact) mass is 569 g/mol. The Morgan fingerprint density at radius 1 is 1.13 bits per heavy atom. The Labute approximate surface area is 248 Å². The fourth-order valence-electron chi connectivity index (χ4n) is 5.04. The van der Waals surface area contributed by atoms with E-state index in [-0.39, 0.29) is 35.6 Å². The van der Waals surface area contributed by atoms with Gasteiger partial charge in [-0.05, 0) is 50.1 Å². The third kappa shape index (κ3) is 6.12. The zero-order valence-corrected chi connectivity index (χ0v) is 24.1. The minimum absolute atomic E-state index is 0. The first kappa shape index (κ1) is 29.4. The molecule has 0 unspecified atom stereocenters. The van der Waals surface area contributed by atoms with Crippen molar-refractivity contribution in [2.75, 3.05) is 13.1 Å². The smallest absolute Gasteiger partial charge is 0.548 e. The summed E-state index contributed by atoms with van der Waals surface area (Å²) in [5, 5.41) is 11.7. The molecular formula is C26H24ClF3N5NaO3. The van der Waals surface area contributed by atoms with E-state index in [0.29, 0.717) is 59.9 Å². The number of nitrogens with zero attached hydrogens (tertiary/aromatic N) is 4. The molecule has 5 rings (SSSR count). The first-order valence-electron chi connectivity index (χ1n) is 12.1. The number of hydrogen-bond acceptors (Lipinski definition) is 5. The van der Waals surface area contributed by atoms with E-state index in [1.165, 1.54) is 16.7 Å². The van der Waals surface area contributed by atoms with Gasteiger partial charge in [-0.15, -0.1) is 0 Å². The van der Waals surface area contributed by atoms with Gasteiger partial charge in [0.15, 0.2) is 0 Å². The normalized spacial score (nSPS) is 15.0. The molecule has 1 aliphatic rings. The number of alkyl halides is 3. The number of hydrogen-bond donors (Lipinski definition) is 1. The predicted molar refractivity (Wildman–Crippen MR) is 134 cm³/mol. The van der Waals surface area contributed by atoms with Crippen LogP contribution in [-0.2, 0) is 24.1 Å². The van der Waals surface area contributed by atoms with Crippen LogP contribution in [0.1, 0.15) is 35.8 Å².